The Balaban J connectivity index is 0.000000319. The van der Waals surface area contributed by atoms with Crippen LogP contribution >= 0.6 is 11.8 Å². The Morgan fingerprint density at radius 2 is 0.914 bits per heavy atom. The number of hydrogen-bond donors (Lipinski definition) is 2. The highest BCUT2D eigenvalue weighted by atomic mass is 32.2. The first-order valence-corrected chi connectivity index (χ1v) is 55.4. The van der Waals surface area contributed by atoms with Crippen LogP contribution in [0.4, 0.5) is 32.3 Å². The second-order valence-corrected chi connectivity index (χ2v) is 49.8. The Kier molecular flexibility index (Phi) is 40.5. The van der Waals surface area contributed by atoms with Crippen molar-refractivity contribution < 1.29 is 69.3 Å². The summed E-state index contributed by atoms with van der Waals surface area (Å²) < 4.78 is 91.8. The van der Waals surface area contributed by atoms with E-state index in [0.29, 0.717) is 58.6 Å². The first-order chi connectivity index (χ1) is 65.3. The molecule has 6 aromatic carbocycles. The average Bonchev–Trinajstić information content (AvgIpc) is 1.73. The van der Waals surface area contributed by atoms with Gasteiger partial charge in [-0.25, -0.2) is 46.2 Å². The number of ether oxygens (including phenoxy) is 5. The number of aryl methyl sites for hydroxylation is 1. The zero-order chi connectivity index (χ0) is 102. The number of fused-ring (bicyclic) bond motifs is 2. The van der Waals surface area contributed by atoms with Gasteiger partial charge in [0, 0.05) is 30.2 Å². The van der Waals surface area contributed by atoms with Crippen LogP contribution < -0.4 is 24.8 Å². The topological polar surface area (TPSA) is 279 Å². The van der Waals surface area contributed by atoms with Crippen molar-refractivity contribution in [2.75, 3.05) is 42.7 Å². The van der Waals surface area contributed by atoms with Gasteiger partial charge < -0.3 is 34.3 Å². The molecule has 0 radical (unpaired) electrons. The van der Waals surface area contributed by atoms with Gasteiger partial charge in [-0.05, 0) is 213 Å². The number of benzene rings is 6. The molecule has 23 nitrogen and oxygen atoms in total. The molecule has 0 aliphatic carbocycles. The molecule has 6 unspecified atom stereocenters. The number of nitrogens with one attached hydrogen (secondary N) is 2. The van der Waals surface area contributed by atoms with Crippen molar-refractivity contribution >= 4 is 102 Å². The number of sulfonamides is 2. The molecule has 6 atom stereocenters. The van der Waals surface area contributed by atoms with E-state index in [1.807, 2.05) is 82.3 Å². The number of imide groups is 2. The summed E-state index contributed by atoms with van der Waals surface area (Å²) in [6.07, 6.45) is 26.6. The first-order valence-electron chi connectivity index (χ1n) is 51.5. The van der Waals surface area contributed by atoms with Crippen LogP contribution in [0.3, 0.4) is 0 Å². The molecule has 766 valence electrons. The Hall–Kier alpha value is -9.27. The van der Waals surface area contributed by atoms with Gasteiger partial charge in [-0.1, -0.05) is 321 Å². The fourth-order valence-electron chi connectivity index (χ4n) is 18.6. The maximum absolute atomic E-state index is 15.5. The van der Waals surface area contributed by atoms with Gasteiger partial charge in [-0.2, -0.15) is 0 Å². The van der Waals surface area contributed by atoms with E-state index in [1.165, 1.54) is 122 Å². The number of carbonyl (C=O) groups excluding carboxylic acids is 6. The van der Waals surface area contributed by atoms with Crippen LogP contribution in [-0.2, 0) is 64.9 Å². The van der Waals surface area contributed by atoms with Gasteiger partial charge in [0.1, 0.15) is 15.5 Å². The zero-order valence-corrected chi connectivity index (χ0v) is 91.0. The number of rotatable bonds is 50. The monoisotopic (exact) mass is 1970 g/mol. The Labute approximate surface area is 838 Å². The number of cyclic esters (lactones) is 2. The van der Waals surface area contributed by atoms with Gasteiger partial charge in [0.2, 0.25) is 0 Å². The maximum Gasteiger partial charge on any atom is 0.418 e. The van der Waals surface area contributed by atoms with Crippen molar-refractivity contribution in [1.29, 1.82) is 0 Å². The van der Waals surface area contributed by atoms with Gasteiger partial charge in [-0.15, -0.1) is 11.8 Å². The predicted molar refractivity (Wildman–Crippen MR) is 564 cm³/mol. The van der Waals surface area contributed by atoms with Crippen LogP contribution in [-0.4, -0.2) is 138 Å². The minimum Gasteiger partial charge on any atom is -0.493 e. The Morgan fingerprint density at radius 1 is 0.475 bits per heavy atom. The summed E-state index contributed by atoms with van der Waals surface area (Å²) in [5.74, 6) is 0.596. The van der Waals surface area contributed by atoms with E-state index in [9.17, 15) is 36.0 Å². The van der Waals surface area contributed by atoms with Gasteiger partial charge in [0.25, 0.3) is 43.7 Å². The van der Waals surface area contributed by atoms with Crippen molar-refractivity contribution in [3.63, 3.8) is 0 Å². The van der Waals surface area contributed by atoms with Crippen molar-refractivity contribution in [1.82, 2.24) is 18.4 Å². The number of amidine groups is 2. The molecule has 0 saturated carbocycles. The Morgan fingerprint density at radius 3 is 1.37 bits per heavy atom. The van der Waals surface area contributed by atoms with E-state index in [4.69, 9.17) is 33.7 Å². The standard InChI is InChI=1S/C63H88N4O9S.C50H78N4O6S2/c1-18-62(14,15)46-31-32-49(42(3)36-46)73-35-23-34-66-55(64-47-24-19-22-27-53(47)77(66,71)72)54(67-57(69)63(16,17)76-58(67)70)56(68)65-48-37-45(61(11,12)13)30-33-50(48)75-52-26-21-20-25-51(52)74-40-44(43(4)39-60(8,9)10)29-28-41(2)38-59(5,6)7;1-9-12-14-15-16-17-18-19-20-21-22-23-24-25-26-29-35-53-45(51-40-31-27-28-32-43(40)62(53,58)59)44(54-47(56)50(7,8)60-48(54)57)46(55)52-41-36-39(49(4,5)6)33-34-42(41)61-37-38(11-3)30-13-10-2/h19-22,24-27,30-33,36-37,41,43-44,54H,18,23,28-29,34-35,38-40H2,1-17H3,(H,65,68);27-28,31-34,36,38,44H,9-26,29-30,35,37H2,1-8H3,(H,52,55). The molecule has 6 aromatic rings. The molecule has 0 bridgehead atoms. The highest BCUT2D eigenvalue weighted by molar-refractivity contribution is 7.99. The fraction of sp³-hybridized carbons (Fsp3) is 0.611. The SMILES string of the molecule is CCC(C)(C)c1ccc(OCCCN2C(C(C(=O)Nc3cc(C(C)(C)C)ccc3Oc3ccccc3OCC(CCC(C)CC(C)(C)C)C(C)CC(C)(C)C)N3C(=O)OC(C)(C)C3=O)=Nc3ccccc3S2(=O)=O)c(C)c1.CCCCCCCCCCCCCCCCCCN1C(C(C(=O)Nc2cc(C(C)(C)C)ccc2SCC(CC)CCCC)N2C(=O)OC(C)(C)C2=O)=Nc2ccccc2S1(=O)=O. The molecular formula is C113H166N8O15S3. The minimum atomic E-state index is -4.44. The third kappa shape index (κ3) is 31.1. The number of carbonyl (C=O) groups is 6. The van der Waals surface area contributed by atoms with E-state index in [-0.39, 0.29) is 98.0 Å². The molecule has 0 aromatic heterocycles. The summed E-state index contributed by atoms with van der Waals surface area (Å²) in [5, 5.41) is 6.07. The summed E-state index contributed by atoms with van der Waals surface area (Å²) in [6.45, 7) is 52.1. The molecule has 2 fully saturated rings. The molecule has 6 amide bonds. The van der Waals surface area contributed by atoms with Gasteiger partial charge >= 0.3 is 12.2 Å². The summed E-state index contributed by atoms with van der Waals surface area (Å²) >= 11 is 1.67. The lowest BCUT2D eigenvalue weighted by Gasteiger charge is -2.35. The largest absolute Gasteiger partial charge is 0.493 e. The van der Waals surface area contributed by atoms with Crippen molar-refractivity contribution in [3.8, 4) is 23.0 Å². The number of unbranched alkanes of at least 4 members (excludes halogenated alkanes) is 16. The molecule has 4 aliphatic rings. The van der Waals surface area contributed by atoms with Crippen LogP contribution in [0.2, 0.25) is 0 Å². The maximum atomic E-state index is 15.5. The fourth-order valence-corrected chi connectivity index (χ4v) is 23.1. The lowest BCUT2D eigenvalue weighted by atomic mass is 9.76. The van der Waals surface area contributed by atoms with E-state index in [0.717, 1.165) is 124 Å². The number of anilines is 2. The van der Waals surface area contributed by atoms with Crippen LogP contribution in [0.15, 0.2) is 152 Å². The van der Waals surface area contributed by atoms with Crippen LogP contribution in [0.1, 0.15) is 355 Å². The summed E-state index contributed by atoms with van der Waals surface area (Å²) in [7, 11) is -8.67. The minimum absolute atomic E-state index is 0.0140. The van der Waals surface area contributed by atoms with Crippen LogP contribution in [0.5, 0.6) is 23.0 Å². The van der Waals surface area contributed by atoms with Crippen molar-refractivity contribution in [3.05, 3.63) is 150 Å². The van der Waals surface area contributed by atoms with Crippen molar-refractivity contribution in [2.45, 2.75) is 394 Å². The highest BCUT2D eigenvalue weighted by Crippen LogP contribution is 2.45. The smallest absolute Gasteiger partial charge is 0.418 e. The van der Waals surface area contributed by atoms with E-state index < -0.39 is 84.6 Å². The molecule has 2 N–H and O–H groups in total. The Bertz CT molecular complexity index is 5460. The third-order valence-corrected chi connectivity index (χ3v) is 32.2. The second kappa shape index (κ2) is 49.6. The molecule has 139 heavy (non-hydrogen) atoms. The second-order valence-electron chi connectivity index (χ2n) is 45.1. The number of para-hydroxylation sites is 4. The zero-order valence-electron chi connectivity index (χ0n) is 88.5. The third-order valence-electron chi connectivity index (χ3n) is 27.2. The first kappa shape index (κ1) is 113. The van der Waals surface area contributed by atoms with Crippen LogP contribution in [0, 0.1) is 41.4 Å². The summed E-state index contributed by atoms with van der Waals surface area (Å²) in [4.78, 5) is 98.4. The molecule has 4 heterocycles. The number of nitrogens with zero attached hydrogens (tertiary/aromatic N) is 6. The number of amides is 6. The summed E-state index contributed by atoms with van der Waals surface area (Å²) in [6, 6.07) is 33.9. The quantitative estimate of drug-likeness (QED) is 0.0265. The molecule has 2 saturated heterocycles. The molecule has 4 aliphatic heterocycles. The molecular weight excluding hydrogens is 1810 g/mol. The molecule has 26 heteroatoms. The highest BCUT2D eigenvalue weighted by Gasteiger charge is 2.58. The van der Waals surface area contributed by atoms with E-state index in [1.54, 1.807) is 54.2 Å². The van der Waals surface area contributed by atoms with E-state index >= 15 is 9.59 Å². The van der Waals surface area contributed by atoms with Gasteiger partial charge in [0.05, 0.1) is 36.0 Å². The summed E-state index contributed by atoms with van der Waals surface area (Å²) in [5.41, 5.74) is 1.32. The number of hydrogen-bond acceptors (Lipinski definition) is 18. The molecule has 0 spiro atoms. The lowest BCUT2D eigenvalue weighted by molar-refractivity contribution is -0.137. The average molecular weight is 1970 g/mol. The van der Waals surface area contributed by atoms with Gasteiger partial charge in [0.15, 0.2) is 52.2 Å². The van der Waals surface area contributed by atoms with E-state index in [2.05, 4.69) is 140 Å². The molecule has 10 rings (SSSR count). The number of thioether (sulfide) groups is 1. The van der Waals surface area contributed by atoms with Crippen molar-refractivity contribution in [2.24, 2.45) is 44.5 Å². The normalized spacial score (nSPS) is 17.0. The number of aliphatic imine (C=N–C) groups is 2. The predicted octanol–water partition coefficient (Wildman–Crippen LogP) is 28.3. The van der Waals surface area contributed by atoms with Gasteiger partial charge in [-0.3, -0.25) is 27.8 Å². The lowest BCUT2D eigenvalue weighted by Crippen LogP contribution is -2.59. The van der Waals surface area contributed by atoms with Crippen LogP contribution in [0.25, 0.3) is 0 Å².